The van der Waals surface area contributed by atoms with Crippen molar-refractivity contribution in [2.45, 2.75) is 64.3 Å². The van der Waals surface area contributed by atoms with Gasteiger partial charge >= 0.3 is 0 Å². The first kappa shape index (κ1) is 33.2. The molecule has 0 amide bonds. The van der Waals surface area contributed by atoms with Crippen LogP contribution in [0.15, 0.2) is 42.5 Å². The molecule has 0 radical (unpaired) electrons. The molecule has 10 heteroatoms. The van der Waals surface area contributed by atoms with Crippen LogP contribution in [0.4, 0.5) is 0 Å². The Morgan fingerprint density at radius 2 is 1.60 bits per heavy atom. The van der Waals surface area contributed by atoms with Crippen LogP contribution in [0, 0.1) is 0 Å². The summed E-state index contributed by atoms with van der Waals surface area (Å²) < 4.78 is 11.1. The fourth-order valence-electron chi connectivity index (χ4n) is 3.37. The van der Waals surface area contributed by atoms with Gasteiger partial charge in [0.1, 0.15) is 36.3 Å². The lowest BCUT2D eigenvalue weighted by Crippen LogP contribution is -2.55. The Hall–Kier alpha value is -1.79. The number of hydrogen-bond donors (Lipinski definition) is 6. The van der Waals surface area contributed by atoms with Crippen LogP contribution in [0.2, 0.25) is 5.02 Å². The molecule has 1 heterocycles. The van der Waals surface area contributed by atoms with Crippen molar-refractivity contribution in [1.82, 2.24) is 0 Å². The molecule has 3 rings (SSSR count). The number of halogens is 1. The van der Waals surface area contributed by atoms with Crippen molar-refractivity contribution >= 4 is 11.6 Å². The van der Waals surface area contributed by atoms with Crippen molar-refractivity contribution in [3.63, 3.8) is 0 Å². The van der Waals surface area contributed by atoms with E-state index in [1.807, 2.05) is 37.3 Å². The Kier molecular flexibility index (Phi) is 15.2. The number of benzene rings is 2. The maximum Gasteiger partial charge on any atom is 0.119 e. The van der Waals surface area contributed by atoms with Gasteiger partial charge < -0.3 is 45.6 Å². The van der Waals surface area contributed by atoms with Gasteiger partial charge in [0.2, 0.25) is 0 Å². The molecule has 0 unspecified atom stereocenters. The van der Waals surface area contributed by atoms with E-state index < -0.39 is 43.2 Å². The fraction of sp³-hybridized carbons (Fsp3) is 0.520. The van der Waals surface area contributed by atoms with Gasteiger partial charge in [-0.15, -0.1) is 0 Å². The molecule has 9 nitrogen and oxygen atoms in total. The van der Waals surface area contributed by atoms with E-state index in [0.717, 1.165) is 16.9 Å². The average molecular weight is 519 g/mol. The number of aliphatic hydroxyl groups is 6. The van der Waals surface area contributed by atoms with E-state index in [0.29, 0.717) is 23.6 Å². The van der Waals surface area contributed by atoms with E-state index >= 15 is 0 Å². The second-order valence-corrected chi connectivity index (χ2v) is 8.29. The molecule has 200 valence electrons. The molecule has 6 atom stereocenters. The molecule has 8 N–H and O–H groups in total. The highest BCUT2D eigenvalue weighted by Gasteiger charge is 2.44. The zero-order valence-corrected chi connectivity index (χ0v) is 20.0. The zero-order chi connectivity index (χ0) is 24.5. The van der Waals surface area contributed by atoms with Gasteiger partial charge in [0.05, 0.1) is 25.9 Å². The van der Waals surface area contributed by atoms with Crippen LogP contribution >= 0.6 is 11.6 Å². The van der Waals surface area contributed by atoms with Crippen LogP contribution in [-0.2, 0) is 11.2 Å². The van der Waals surface area contributed by atoms with Crippen LogP contribution in [-0.4, -0.2) is 86.5 Å². The average Bonchev–Trinajstić information content (AvgIpc) is 2.81. The Morgan fingerprint density at radius 1 is 1.00 bits per heavy atom. The molecule has 0 bridgehead atoms. The second kappa shape index (κ2) is 16.1. The first-order valence-electron chi connectivity index (χ1n) is 10.8. The lowest BCUT2D eigenvalue weighted by Gasteiger charge is -2.40. The van der Waals surface area contributed by atoms with E-state index in [1.165, 1.54) is 6.92 Å². The van der Waals surface area contributed by atoms with Gasteiger partial charge in [0, 0.05) is 5.02 Å². The summed E-state index contributed by atoms with van der Waals surface area (Å²) in [5, 5.41) is 56.3. The summed E-state index contributed by atoms with van der Waals surface area (Å²) in [6.07, 6.45) is -5.95. The molecule has 1 aliphatic heterocycles. The Bertz CT molecular complexity index is 845. The van der Waals surface area contributed by atoms with Gasteiger partial charge in [-0.3, -0.25) is 0 Å². The largest absolute Gasteiger partial charge is 0.494 e. The summed E-state index contributed by atoms with van der Waals surface area (Å²) in [4.78, 5) is 0. The van der Waals surface area contributed by atoms with E-state index in [-0.39, 0.29) is 19.5 Å². The molecule has 0 aliphatic carbocycles. The highest BCUT2D eigenvalue weighted by molar-refractivity contribution is 6.31. The molecule has 2 aromatic carbocycles. The van der Waals surface area contributed by atoms with Gasteiger partial charge in [-0.05, 0) is 55.2 Å². The molecule has 0 aromatic heterocycles. The molecular weight excluding hydrogens is 480 g/mol. The maximum absolute atomic E-state index is 10.3. The van der Waals surface area contributed by atoms with Crippen molar-refractivity contribution in [2.24, 2.45) is 0 Å². The van der Waals surface area contributed by atoms with Crippen LogP contribution in [0.1, 0.15) is 44.1 Å². The van der Waals surface area contributed by atoms with E-state index in [2.05, 4.69) is 0 Å². The van der Waals surface area contributed by atoms with Gasteiger partial charge in [-0.25, -0.2) is 0 Å². The molecule has 1 fully saturated rings. The maximum atomic E-state index is 10.3. The lowest BCUT2D eigenvalue weighted by molar-refractivity contribution is -0.231. The van der Waals surface area contributed by atoms with Crippen molar-refractivity contribution in [1.29, 1.82) is 0 Å². The highest BCUT2D eigenvalue weighted by Crippen LogP contribution is 2.34. The molecule has 2 aromatic rings. The summed E-state index contributed by atoms with van der Waals surface area (Å²) in [6, 6.07) is 12.9. The minimum Gasteiger partial charge on any atom is -0.494 e. The van der Waals surface area contributed by atoms with Crippen molar-refractivity contribution < 1.29 is 45.6 Å². The van der Waals surface area contributed by atoms with Crippen molar-refractivity contribution in [2.75, 3.05) is 19.8 Å². The molecule has 35 heavy (non-hydrogen) atoms. The standard InChI is InChI=1S/C21H25ClO6.C3H8O2.CH4.H2O/c1-2-27-15-6-3-12(4-7-15)9-14-10-13(5-8-16(14)22)21-20(26)19(25)18(24)17(11-23)28-21;1-3(5)2-4;;/h3-8,10,17-21,23-26H,2,9,11H2,1H3;3-5H,2H2,1H3;1H4;1H2/t17-,18-,19+,20-,21+;3-;;/m11../s1. The SMILES string of the molecule is C.CCOc1ccc(Cc2cc([C@@H]3O[C@H](CO)[C@@H](O)[C@H](O)[C@H]3O)ccc2Cl)cc1.C[C@@H](O)CO.O. The normalized spacial score (nSPS) is 24.2. The van der Waals surface area contributed by atoms with Gasteiger partial charge in [-0.1, -0.05) is 43.3 Å². The number of hydrogen-bond acceptors (Lipinski definition) is 8. The molecule has 0 saturated carbocycles. The monoisotopic (exact) mass is 518 g/mol. The topological polar surface area (TPSA) is 171 Å². The zero-order valence-electron chi connectivity index (χ0n) is 19.2. The predicted octanol–water partition coefficient (Wildman–Crippen LogP) is 1.02. The van der Waals surface area contributed by atoms with Crippen molar-refractivity contribution in [3.05, 3.63) is 64.2 Å². The summed E-state index contributed by atoms with van der Waals surface area (Å²) in [6.45, 7) is 3.46. The Balaban J connectivity index is 0.00000150. The summed E-state index contributed by atoms with van der Waals surface area (Å²) >= 11 is 6.35. The van der Waals surface area contributed by atoms with Crippen LogP contribution in [0.5, 0.6) is 5.75 Å². The first-order valence-corrected chi connectivity index (χ1v) is 11.2. The highest BCUT2D eigenvalue weighted by atomic mass is 35.5. The smallest absolute Gasteiger partial charge is 0.119 e. The van der Waals surface area contributed by atoms with Crippen LogP contribution < -0.4 is 4.74 Å². The van der Waals surface area contributed by atoms with Gasteiger partial charge in [-0.2, -0.15) is 0 Å². The number of ether oxygens (including phenoxy) is 2. The van der Waals surface area contributed by atoms with Crippen molar-refractivity contribution in [3.8, 4) is 5.75 Å². The van der Waals surface area contributed by atoms with Gasteiger partial charge in [0.25, 0.3) is 0 Å². The van der Waals surface area contributed by atoms with Crippen LogP contribution in [0.25, 0.3) is 0 Å². The third kappa shape index (κ3) is 9.30. The van der Waals surface area contributed by atoms with E-state index in [4.69, 9.17) is 31.3 Å². The molecule has 0 spiro atoms. The number of rotatable bonds is 7. The molecular formula is C25H39ClO9. The second-order valence-electron chi connectivity index (χ2n) is 7.89. The van der Waals surface area contributed by atoms with E-state index in [9.17, 15) is 20.4 Å². The first-order chi connectivity index (χ1) is 15.7. The van der Waals surface area contributed by atoms with Gasteiger partial charge in [0.15, 0.2) is 0 Å². The van der Waals surface area contributed by atoms with E-state index in [1.54, 1.807) is 12.1 Å². The lowest BCUT2D eigenvalue weighted by atomic mass is 9.90. The van der Waals surface area contributed by atoms with Crippen LogP contribution in [0.3, 0.4) is 0 Å². The summed E-state index contributed by atoms with van der Waals surface area (Å²) in [7, 11) is 0. The Morgan fingerprint density at radius 3 is 2.11 bits per heavy atom. The minimum atomic E-state index is -1.42. The third-order valence-corrected chi connectivity index (χ3v) is 5.55. The Labute approximate surface area is 211 Å². The third-order valence-electron chi connectivity index (χ3n) is 5.18. The predicted molar refractivity (Wildman–Crippen MR) is 134 cm³/mol. The molecule has 1 aliphatic rings. The fourth-order valence-corrected chi connectivity index (χ4v) is 3.56. The number of aliphatic hydroxyl groups excluding tert-OH is 6. The summed E-state index contributed by atoms with van der Waals surface area (Å²) in [5.74, 6) is 0.799. The summed E-state index contributed by atoms with van der Waals surface area (Å²) in [5.41, 5.74) is 2.49. The molecule has 1 saturated heterocycles. The minimum absolute atomic E-state index is 0. The quantitative estimate of drug-likeness (QED) is 0.315.